The third kappa shape index (κ3) is 3.78. The topological polar surface area (TPSA) is 46.8 Å². The molecular formula is C22H23N3O2. The van der Waals surface area contributed by atoms with Gasteiger partial charge in [0.05, 0.1) is 18.8 Å². The molecule has 1 saturated heterocycles. The van der Waals surface area contributed by atoms with Crippen LogP contribution < -0.4 is 0 Å². The Morgan fingerprint density at radius 3 is 2.93 bits per heavy atom. The zero-order chi connectivity index (χ0) is 18.6. The molecule has 0 bridgehead atoms. The van der Waals surface area contributed by atoms with Gasteiger partial charge in [-0.2, -0.15) is 5.10 Å². The Morgan fingerprint density at radius 2 is 2.11 bits per heavy atom. The molecule has 0 saturated carbocycles. The fourth-order valence-corrected chi connectivity index (χ4v) is 3.78. The number of carbonyl (C=O) groups is 1. The Labute approximate surface area is 158 Å². The second-order valence-electron chi connectivity index (χ2n) is 6.85. The molecule has 27 heavy (non-hydrogen) atoms. The summed E-state index contributed by atoms with van der Waals surface area (Å²) in [6.45, 7) is 2.00. The standard InChI is InChI=1S/C22H23N3O2/c1-27-22(26)12-9-17-7-10-18(11-8-17)20-6-4-13-24(20)16-19-15-23-25-14-3-2-5-21(19)25/h2-3,5,7-12,14-15,20H,4,6,13,16H2,1H3/b12-9+/t20-/m0/s1. The van der Waals surface area contributed by atoms with Gasteiger partial charge in [0, 0.05) is 30.4 Å². The molecule has 1 aliphatic heterocycles. The van der Waals surface area contributed by atoms with Crippen LogP contribution in [0.2, 0.25) is 0 Å². The van der Waals surface area contributed by atoms with E-state index in [0.29, 0.717) is 6.04 Å². The van der Waals surface area contributed by atoms with Gasteiger partial charge in [-0.05, 0) is 48.7 Å². The largest absolute Gasteiger partial charge is 0.466 e. The summed E-state index contributed by atoms with van der Waals surface area (Å²) < 4.78 is 6.57. The van der Waals surface area contributed by atoms with E-state index in [9.17, 15) is 4.79 Å². The van der Waals surface area contributed by atoms with Crippen molar-refractivity contribution in [2.45, 2.75) is 25.4 Å². The molecule has 0 amide bonds. The third-order valence-corrected chi connectivity index (χ3v) is 5.18. The van der Waals surface area contributed by atoms with Gasteiger partial charge in [-0.1, -0.05) is 30.3 Å². The highest BCUT2D eigenvalue weighted by molar-refractivity contribution is 5.86. The number of esters is 1. The lowest BCUT2D eigenvalue weighted by Gasteiger charge is -2.24. The molecular weight excluding hydrogens is 338 g/mol. The highest BCUT2D eigenvalue weighted by Gasteiger charge is 2.26. The maximum absolute atomic E-state index is 11.2. The zero-order valence-corrected chi connectivity index (χ0v) is 15.4. The van der Waals surface area contributed by atoms with E-state index in [4.69, 9.17) is 0 Å². The molecule has 0 radical (unpaired) electrons. The summed E-state index contributed by atoms with van der Waals surface area (Å²) in [7, 11) is 1.38. The van der Waals surface area contributed by atoms with E-state index in [1.165, 1.54) is 36.3 Å². The maximum Gasteiger partial charge on any atom is 0.330 e. The lowest BCUT2D eigenvalue weighted by molar-refractivity contribution is -0.134. The van der Waals surface area contributed by atoms with E-state index in [2.05, 4.69) is 51.1 Å². The van der Waals surface area contributed by atoms with Gasteiger partial charge in [-0.3, -0.25) is 4.90 Å². The molecule has 3 aromatic rings. The molecule has 1 atom stereocenters. The second kappa shape index (κ2) is 7.76. The zero-order valence-electron chi connectivity index (χ0n) is 15.4. The van der Waals surface area contributed by atoms with Gasteiger partial charge in [0.15, 0.2) is 0 Å². The molecule has 4 rings (SSSR count). The monoisotopic (exact) mass is 361 g/mol. The predicted octanol–water partition coefficient (Wildman–Crippen LogP) is 3.86. The first-order valence-corrected chi connectivity index (χ1v) is 9.26. The number of methoxy groups -OCH3 is 1. The van der Waals surface area contributed by atoms with Crippen LogP contribution in [0.25, 0.3) is 11.6 Å². The third-order valence-electron chi connectivity index (χ3n) is 5.18. The summed E-state index contributed by atoms with van der Waals surface area (Å²) in [5, 5.41) is 4.46. The van der Waals surface area contributed by atoms with E-state index >= 15 is 0 Å². The van der Waals surface area contributed by atoms with Gasteiger partial charge in [-0.25, -0.2) is 9.31 Å². The van der Waals surface area contributed by atoms with Crippen LogP contribution in [0.1, 0.15) is 35.6 Å². The Bertz CT molecular complexity index is 959. The Balaban J connectivity index is 1.49. The number of fused-ring (bicyclic) bond motifs is 1. The molecule has 2 aromatic heterocycles. The van der Waals surface area contributed by atoms with Gasteiger partial charge >= 0.3 is 5.97 Å². The summed E-state index contributed by atoms with van der Waals surface area (Å²) in [4.78, 5) is 13.8. The van der Waals surface area contributed by atoms with Crippen molar-refractivity contribution in [3.05, 3.63) is 77.6 Å². The van der Waals surface area contributed by atoms with Gasteiger partial charge in [0.1, 0.15) is 0 Å². The smallest absolute Gasteiger partial charge is 0.330 e. The van der Waals surface area contributed by atoms with Crippen molar-refractivity contribution in [3.8, 4) is 0 Å². The van der Waals surface area contributed by atoms with Crippen molar-refractivity contribution in [3.63, 3.8) is 0 Å². The fourth-order valence-electron chi connectivity index (χ4n) is 3.78. The van der Waals surface area contributed by atoms with Gasteiger partial charge in [0.25, 0.3) is 0 Å². The molecule has 5 nitrogen and oxygen atoms in total. The summed E-state index contributed by atoms with van der Waals surface area (Å²) in [6.07, 6.45) is 9.56. The first-order chi connectivity index (χ1) is 13.2. The lowest BCUT2D eigenvalue weighted by atomic mass is 10.0. The fraction of sp³-hybridized carbons (Fsp3) is 0.273. The van der Waals surface area contributed by atoms with Gasteiger partial charge < -0.3 is 4.74 Å². The normalized spacial score (nSPS) is 17.7. The first kappa shape index (κ1) is 17.5. The number of likely N-dealkylation sites (tertiary alicyclic amines) is 1. The van der Waals surface area contributed by atoms with Crippen LogP contribution in [0.15, 0.2) is 60.9 Å². The lowest BCUT2D eigenvalue weighted by Crippen LogP contribution is -2.22. The minimum atomic E-state index is -0.338. The Kier molecular flexibility index (Phi) is 5.03. The van der Waals surface area contributed by atoms with Crippen LogP contribution in [-0.4, -0.2) is 34.1 Å². The molecule has 138 valence electrons. The van der Waals surface area contributed by atoms with Crippen molar-refractivity contribution >= 4 is 17.6 Å². The molecule has 1 fully saturated rings. The van der Waals surface area contributed by atoms with E-state index in [1.807, 2.05) is 23.0 Å². The van der Waals surface area contributed by atoms with Gasteiger partial charge in [-0.15, -0.1) is 0 Å². The van der Waals surface area contributed by atoms with E-state index in [-0.39, 0.29) is 5.97 Å². The number of nitrogens with zero attached hydrogens (tertiary/aromatic N) is 3. The van der Waals surface area contributed by atoms with Crippen LogP contribution >= 0.6 is 0 Å². The van der Waals surface area contributed by atoms with Crippen molar-refractivity contribution in [1.29, 1.82) is 0 Å². The predicted molar refractivity (Wildman–Crippen MR) is 105 cm³/mol. The van der Waals surface area contributed by atoms with Crippen molar-refractivity contribution in [2.24, 2.45) is 0 Å². The summed E-state index contributed by atoms with van der Waals surface area (Å²) in [5.41, 5.74) is 4.75. The summed E-state index contributed by atoms with van der Waals surface area (Å²) in [6, 6.07) is 15.0. The number of aromatic nitrogens is 2. The highest BCUT2D eigenvalue weighted by atomic mass is 16.5. The molecule has 1 aromatic carbocycles. The number of carbonyl (C=O) groups excluding carboxylic acids is 1. The molecule has 0 aliphatic carbocycles. The van der Waals surface area contributed by atoms with E-state index < -0.39 is 0 Å². The van der Waals surface area contributed by atoms with E-state index in [1.54, 1.807) is 6.08 Å². The molecule has 0 unspecified atom stereocenters. The molecule has 0 N–H and O–H groups in total. The number of hydrogen-bond acceptors (Lipinski definition) is 4. The van der Waals surface area contributed by atoms with Crippen LogP contribution in [0.5, 0.6) is 0 Å². The second-order valence-corrected chi connectivity index (χ2v) is 6.85. The number of benzene rings is 1. The highest BCUT2D eigenvalue weighted by Crippen LogP contribution is 2.33. The average molecular weight is 361 g/mol. The minimum absolute atomic E-state index is 0.338. The van der Waals surface area contributed by atoms with Crippen LogP contribution in [-0.2, 0) is 16.1 Å². The number of hydrogen-bond donors (Lipinski definition) is 0. The van der Waals surface area contributed by atoms with Crippen molar-refractivity contribution in [2.75, 3.05) is 13.7 Å². The van der Waals surface area contributed by atoms with Crippen molar-refractivity contribution < 1.29 is 9.53 Å². The molecule has 1 aliphatic rings. The van der Waals surface area contributed by atoms with E-state index in [0.717, 1.165) is 25.1 Å². The average Bonchev–Trinajstić information content (AvgIpc) is 3.34. The molecule has 0 spiro atoms. The maximum atomic E-state index is 11.2. The quantitative estimate of drug-likeness (QED) is 0.511. The number of rotatable bonds is 5. The van der Waals surface area contributed by atoms with Crippen LogP contribution in [0.4, 0.5) is 0 Å². The first-order valence-electron chi connectivity index (χ1n) is 9.26. The Morgan fingerprint density at radius 1 is 1.26 bits per heavy atom. The van der Waals surface area contributed by atoms with Crippen molar-refractivity contribution in [1.82, 2.24) is 14.5 Å². The van der Waals surface area contributed by atoms with Gasteiger partial charge in [0.2, 0.25) is 0 Å². The number of ether oxygens (including phenoxy) is 1. The van der Waals surface area contributed by atoms with Crippen LogP contribution in [0, 0.1) is 0 Å². The molecule has 3 heterocycles. The Hall–Kier alpha value is -2.92. The number of pyridine rings is 1. The van der Waals surface area contributed by atoms with Crippen LogP contribution in [0.3, 0.4) is 0 Å². The minimum Gasteiger partial charge on any atom is -0.466 e. The summed E-state index contributed by atoms with van der Waals surface area (Å²) in [5.74, 6) is -0.338. The summed E-state index contributed by atoms with van der Waals surface area (Å²) >= 11 is 0. The molecule has 5 heteroatoms. The SMILES string of the molecule is COC(=O)/C=C/c1ccc([C@@H]2CCCN2Cc2cnn3ccccc23)cc1.